The molecule has 0 bridgehead atoms. The molecule has 0 amide bonds. The zero-order valence-corrected chi connectivity index (χ0v) is 15.9. The van der Waals surface area contributed by atoms with Crippen LogP contribution in [-0.2, 0) is 20.1 Å². The molecule has 15 heavy (non-hydrogen) atoms. The number of aliphatic hydroxyl groups excluding tert-OH is 1. The molecule has 0 aliphatic heterocycles. The first-order chi connectivity index (χ1) is 6.90. The monoisotopic (exact) mass is 477 g/mol. The van der Waals surface area contributed by atoms with Crippen LogP contribution in [0.2, 0.25) is 0 Å². The Balaban J connectivity index is 0.000000423. The molecule has 1 aromatic carbocycles. The summed E-state index contributed by atoms with van der Waals surface area (Å²) < 4.78 is 0. The van der Waals surface area contributed by atoms with Crippen LogP contribution in [0.1, 0.15) is 19.4 Å². The summed E-state index contributed by atoms with van der Waals surface area (Å²) in [5.74, 6) is 0. The Hall–Kier alpha value is 1.50. The van der Waals surface area contributed by atoms with E-state index in [4.69, 9.17) is 5.11 Å². The zero-order valence-electron chi connectivity index (χ0n) is 8.67. The summed E-state index contributed by atoms with van der Waals surface area (Å²) in [5, 5.41) is 9.05. The van der Waals surface area contributed by atoms with E-state index in [0.717, 1.165) is 0 Å². The van der Waals surface area contributed by atoms with Crippen molar-refractivity contribution in [1.29, 1.82) is 0 Å². The molecule has 0 saturated carbocycles. The summed E-state index contributed by atoms with van der Waals surface area (Å²) in [6.07, 6.45) is 0. The fourth-order valence-corrected chi connectivity index (χ4v) is 0.981. The molecule has 0 aliphatic rings. The van der Waals surface area contributed by atoms with Crippen molar-refractivity contribution < 1.29 is 19.8 Å². The van der Waals surface area contributed by atoms with Crippen molar-refractivity contribution in [2.45, 2.75) is 19.3 Å². The average Bonchev–Trinajstić information content (AvgIpc) is 2.18. The van der Waals surface area contributed by atoms with Crippen LogP contribution in [0.5, 0.6) is 0 Å². The Morgan fingerprint density at radius 2 is 1.53 bits per heavy atom. The zero-order chi connectivity index (χ0) is 11.9. The van der Waals surface area contributed by atoms with Gasteiger partial charge in [-0.1, -0.05) is 44.2 Å². The summed E-state index contributed by atoms with van der Waals surface area (Å²) >= 11 is 8.80. The van der Waals surface area contributed by atoms with E-state index in [2.05, 4.69) is 36.7 Å². The van der Waals surface area contributed by atoms with Gasteiger partial charge < -0.3 is 5.11 Å². The molecule has 0 unspecified atom stereocenters. The number of hydrogen-bond donors (Lipinski definition) is 1. The summed E-state index contributed by atoms with van der Waals surface area (Å²) in [4.78, 5) is 0. The Kier molecular flexibility index (Phi) is 9.43. The molecule has 0 aliphatic carbocycles. The molecule has 1 rings (SSSR count). The van der Waals surface area contributed by atoms with Crippen molar-refractivity contribution >= 4 is 36.7 Å². The summed E-state index contributed by atoms with van der Waals surface area (Å²) in [7, 11) is 0. The van der Waals surface area contributed by atoms with Crippen molar-refractivity contribution in [3.05, 3.63) is 35.9 Å². The summed E-state index contributed by atoms with van der Waals surface area (Å²) in [5.41, 5.74) is 1.07. The minimum absolute atomic E-state index is 0.110. The first-order valence-electron chi connectivity index (χ1n) is 4.40. The Bertz CT molecular complexity index is 262. The van der Waals surface area contributed by atoms with E-state index in [-0.39, 0.29) is 12.0 Å². The third kappa shape index (κ3) is 8.26. The number of hydrogen-bond acceptors (Lipinski definition) is 1. The van der Waals surface area contributed by atoms with E-state index in [1.54, 1.807) is 0 Å². The molecule has 1 aromatic rings. The van der Waals surface area contributed by atoms with Crippen LogP contribution in [0.25, 0.3) is 0 Å². The number of benzene rings is 1. The molecule has 85 valence electrons. The predicted octanol–water partition coefficient (Wildman–Crippen LogP) is 4.49. The van der Waals surface area contributed by atoms with Crippen LogP contribution in [0, 0.1) is 0 Å². The van der Waals surface area contributed by atoms with Crippen LogP contribution in [0.4, 0.5) is 0 Å². The van der Waals surface area contributed by atoms with Crippen molar-refractivity contribution in [2.75, 3.05) is 6.61 Å². The average molecular weight is 481 g/mol. The second-order valence-corrected chi connectivity index (χ2v) is 37.6. The Morgan fingerprint density at radius 1 is 1.13 bits per heavy atom. The van der Waals surface area contributed by atoms with E-state index in [1.807, 2.05) is 44.2 Å². The molecule has 1 nitrogen and oxygen atoms in total. The third-order valence-electron chi connectivity index (χ3n) is 1.95. The molecule has 0 aromatic heterocycles. The van der Waals surface area contributed by atoms with Crippen molar-refractivity contribution in [1.82, 2.24) is 0 Å². The van der Waals surface area contributed by atoms with Crippen LogP contribution in [-0.4, -0.2) is 11.7 Å². The Labute approximate surface area is 117 Å². The summed E-state index contributed by atoms with van der Waals surface area (Å²) in [6.45, 7) is 4.25. The van der Waals surface area contributed by atoms with Crippen LogP contribution >= 0.6 is 36.7 Å². The fourth-order valence-electron chi connectivity index (χ4n) is 0.981. The van der Waals surface area contributed by atoms with Crippen LogP contribution in [0.3, 0.4) is 0 Å². The van der Waals surface area contributed by atoms with Crippen LogP contribution in [0.15, 0.2) is 30.3 Å². The molecule has 0 spiro atoms. The van der Waals surface area contributed by atoms with Gasteiger partial charge in [0.1, 0.15) is 0 Å². The van der Waals surface area contributed by atoms with Gasteiger partial charge in [-0.2, -0.15) is 0 Å². The number of aliphatic hydroxyl groups is 1. The van der Waals surface area contributed by atoms with Gasteiger partial charge >= 0.3 is 51.4 Å². The normalized spacial score (nSPS) is 10.3. The molecular formula is C10H14Br3OZr. The van der Waals surface area contributed by atoms with Gasteiger partial charge in [0.2, 0.25) is 0 Å². The fraction of sp³-hybridized carbons (Fsp3) is 0.400. The molecule has 0 heterocycles. The summed E-state index contributed by atoms with van der Waals surface area (Å²) in [6, 6.07) is 10.0. The van der Waals surface area contributed by atoms with E-state index < -0.39 is 14.7 Å². The van der Waals surface area contributed by atoms with Gasteiger partial charge in [-0.05, 0) is 5.56 Å². The van der Waals surface area contributed by atoms with Gasteiger partial charge in [0.15, 0.2) is 0 Å². The van der Waals surface area contributed by atoms with Crippen molar-refractivity contribution in [3.63, 3.8) is 0 Å². The van der Waals surface area contributed by atoms with Gasteiger partial charge in [-0.15, -0.1) is 0 Å². The first kappa shape index (κ1) is 16.5. The molecule has 5 heteroatoms. The maximum atomic E-state index is 9.05. The standard InChI is InChI=1S/C10H14O.3BrH.Zr/c1-10(2,8-11)9-6-4-3-5-7-9;;;;/h3-7,11H,8H2,1-2H3;3*1H;/q;;;;+3/p-3. The molecule has 0 fully saturated rings. The van der Waals surface area contributed by atoms with Gasteiger partial charge in [0.05, 0.1) is 6.61 Å². The second kappa shape index (κ2) is 8.57. The molecule has 0 radical (unpaired) electrons. The topological polar surface area (TPSA) is 20.2 Å². The van der Waals surface area contributed by atoms with E-state index in [0.29, 0.717) is 0 Å². The van der Waals surface area contributed by atoms with E-state index in [9.17, 15) is 0 Å². The number of halogens is 3. The maximum absolute atomic E-state index is 9.05. The third-order valence-corrected chi connectivity index (χ3v) is 1.95. The first-order valence-corrected chi connectivity index (χ1v) is 21.3. The van der Waals surface area contributed by atoms with E-state index in [1.165, 1.54) is 5.56 Å². The van der Waals surface area contributed by atoms with Crippen molar-refractivity contribution in [2.24, 2.45) is 0 Å². The van der Waals surface area contributed by atoms with Gasteiger partial charge in [0, 0.05) is 5.41 Å². The van der Waals surface area contributed by atoms with Gasteiger partial charge in [0.25, 0.3) is 0 Å². The Morgan fingerprint density at radius 3 is 1.87 bits per heavy atom. The minimum atomic E-state index is -1.11. The molecule has 1 N–H and O–H groups in total. The molecular weight excluding hydrogens is 467 g/mol. The van der Waals surface area contributed by atoms with Crippen molar-refractivity contribution in [3.8, 4) is 0 Å². The molecule has 0 atom stereocenters. The van der Waals surface area contributed by atoms with E-state index >= 15 is 0 Å². The van der Waals surface area contributed by atoms with Gasteiger partial charge in [-0.25, -0.2) is 0 Å². The molecule has 0 saturated heterocycles. The second-order valence-electron chi connectivity index (χ2n) is 3.62. The van der Waals surface area contributed by atoms with Gasteiger partial charge in [-0.3, -0.25) is 0 Å². The number of rotatable bonds is 2. The predicted molar refractivity (Wildman–Crippen MR) is 73.3 cm³/mol. The quantitative estimate of drug-likeness (QED) is 0.661. The SMILES string of the molecule is CC(C)(CO)c1ccccc1.[Br][Zr]([Br])[Br]. The van der Waals surface area contributed by atoms with Crippen LogP contribution < -0.4 is 0 Å².